The highest BCUT2D eigenvalue weighted by Crippen LogP contribution is 2.26. The van der Waals surface area contributed by atoms with Crippen LogP contribution in [0.4, 0.5) is 8.78 Å². The highest BCUT2D eigenvalue weighted by molar-refractivity contribution is 9.09. The van der Waals surface area contributed by atoms with E-state index in [2.05, 4.69) is 26.1 Å². The van der Waals surface area contributed by atoms with Crippen molar-refractivity contribution >= 4 is 21.7 Å². The number of halogens is 3. The van der Waals surface area contributed by atoms with Crippen molar-refractivity contribution in [2.75, 3.05) is 0 Å². The standard InChI is InChI=1S/C12H7BrF2N2O2/c13-11(9-3-4-10(18)17-16-9)12(19)7-2-1-6(14)5-8(7)15/h1-5,11H,(H,17,18). The Bertz CT molecular complexity index is 667. The second-order valence-corrected chi connectivity index (χ2v) is 4.61. The van der Waals surface area contributed by atoms with Crippen LogP contribution in [0.5, 0.6) is 0 Å². The molecular formula is C12H7BrF2N2O2. The molecule has 0 aliphatic heterocycles. The monoisotopic (exact) mass is 328 g/mol. The van der Waals surface area contributed by atoms with Crippen LogP contribution < -0.4 is 5.56 Å². The van der Waals surface area contributed by atoms with Gasteiger partial charge in [-0.15, -0.1) is 0 Å². The summed E-state index contributed by atoms with van der Waals surface area (Å²) >= 11 is 3.07. The maximum atomic E-state index is 13.5. The molecule has 0 fully saturated rings. The second-order valence-electron chi connectivity index (χ2n) is 3.70. The van der Waals surface area contributed by atoms with Gasteiger partial charge in [-0.25, -0.2) is 13.9 Å². The molecule has 0 bridgehead atoms. The van der Waals surface area contributed by atoms with Gasteiger partial charge in [-0.1, -0.05) is 15.9 Å². The average Bonchev–Trinajstić information content (AvgIpc) is 2.38. The molecule has 2 rings (SSSR count). The summed E-state index contributed by atoms with van der Waals surface area (Å²) in [5.41, 5.74) is -0.437. The zero-order valence-electron chi connectivity index (χ0n) is 9.36. The molecule has 4 nitrogen and oxygen atoms in total. The zero-order valence-corrected chi connectivity index (χ0v) is 10.9. The van der Waals surface area contributed by atoms with Gasteiger partial charge in [-0.3, -0.25) is 9.59 Å². The van der Waals surface area contributed by atoms with Gasteiger partial charge in [0.1, 0.15) is 16.5 Å². The zero-order chi connectivity index (χ0) is 14.0. The van der Waals surface area contributed by atoms with Crippen molar-refractivity contribution in [3.63, 3.8) is 0 Å². The Morgan fingerprint density at radius 2 is 2.00 bits per heavy atom. The molecule has 2 aromatic rings. The summed E-state index contributed by atoms with van der Waals surface area (Å²) in [5, 5.41) is 5.84. The molecule has 1 heterocycles. The van der Waals surface area contributed by atoms with Crippen molar-refractivity contribution in [2.24, 2.45) is 0 Å². The van der Waals surface area contributed by atoms with E-state index in [1.165, 1.54) is 12.1 Å². The Balaban J connectivity index is 2.33. The number of nitrogens with zero attached hydrogens (tertiary/aromatic N) is 1. The van der Waals surface area contributed by atoms with Crippen LogP contribution in [0.1, 0.15) is 20.9 Å². The highest BCUT2D eigenvalue weighted by atomic mass is 79.9. The highest BCUT2D eigenvalue weighted by Gasteiger charge is 2.23. The first-order valence-corrected chi connectivity index (χ1v) is 6.09. The first-order chi connectivity index (χ1) is 8.99. The molecule has 0 saturated heterocycles. The maximum Gasteiger partial charge on any atom is 0.264 e. The lowest BCUT2D eigenvalue weighted by atomic mass is 10.1. The van der Waals surface area contributed by atoms with Crippen LogP contribution in [0.2, 0.25) is 0 Å². The number of Topliss-reactive ketones (excluding diaryl/α,β-unsaturated/α-hetero) is 1. The van der Waals surface area contributed by atoms with Crippen molar-refractivity contribution in [2.45, 2.75) is 4.83 Å². The van der Waals surface area contributed by atoms with E-state index in [4.69, 9.17) is 0 Å². The van der Waals surface area contributed by atoms with Crippen LogP contribution in [-0.2, 0) is 0 Å². The summed E-state index contributed by atoms with van der Waals surface area (Å²) in [6, 6.07) is 5.24. The molecule has 1 atom stereocenters. The number of aromatic nitrogens is 2. The third-order valence-electron chi connectivity index (χ3n) is 2.39. The smallest absolute Gasteiger partial charge is 0.264 e. The summed E-state index contributed by atoms with van der Waals surface area (Å²) < 4.78 is 26.2. The van der Waals surface area contributed by atoms with E-state index < -0.39 is 27.8 Å². The van der Waals surface area contributed by atoms with Crippen molar-refractivity contribution in [1.82, 2.24) is 10.2 Å². The summed E-state index contributed by atoms with van der Waals surface area (Å²) in [4.78, 5) is 22.0. The van der Waals surface area contributed by atoms with Gasteiger partial charge >= 0.3 is 0 Å². The second kappa shape index (κ2) is 5.40. The number of carbonyl (C=O) groups excluding carboxylic acids is 1. The van der Waals surface area contributed by atoms with Crippen LogP contribution in [0.3, 0.4) is 0 Å². The molecule has 0 amide bonds. The minimum Gasteiger partial charge on any atom is -0.292 e. The molecular weight excluding hydrogens is 322 g/mol. The fourth-order valence-corrected chi connectivity index (χ4v) is 1.96. The van der Waals surface area contributed by atoms with Gasteiger partial charge in [0.05, 0.1) is 11.3 Å². The molecule has 1 unspecified atom stereocenters. The number of carbonyl (C=O) groups is 1. The lowest BCUT2D eigenvalue weighted by Crippen LogP contribution is -2.14. The fraction of sp³-hybridized carbons (Fsp3) is 0.0833. The molecule has 1 N–H and O–H groups in total. The van der Waals surface area contributed by atoms with Crippen molar-refractivity contribution < 1.29 is 13.6 Å². The number of aromatic amines is 1. The van der Waals surface area contributed by atoms with Gasteiger partial charge in [0, 0.05) is 12.1 Å². The van der Waals surface area contributed by atoms with Crippen LogP contribution in [-0.4, -0.2) is 16.0 Å². The summed E-state index contributed by atoms with van der Waals surface area (Å²) in [5.74, 6) is -2.32. The van der Waals surface area contributed by atoms with Crippen LogP contribution in [0.15, 0.2) is 35.1 Å². The van der Waals surface area contributed by atoms with E-state index in [0.717, 1.165) is 12.1 Å². The molecule has 1 aromatic heterocycles. The molecule has 0 spiro atoms. The molecule has 0 radical (unpaired) electrons. The quantitative estimate of drug-likeness (QED) is 0.695. The van der Waals surface area contributed by atoms with E-state index in [-0.39, 0.29) is 11.3 Å². The van der Waals surface area contributed by atoms with E-state index in [1.807, 2.05) is 0 Å². The Kier molecular flexibility index (Phi) is 3.84. The third-order valence-corrected chi connectivity index (χ3v) is 3.27. The summed E-state index contributed by atoms with van der Waals surface area (Å²) in [6.07, 6.45) is 0. The van der Waals surface area contributed by atoms with Gasteiger partial charge in [-0.05, 0) is 18.2 Å². The Labute approximate surface area is 114 Å². The Hall–Kier alpha value is -1.89. The minimum absolute atomic E-state index is 0.230. The van der Waals surface area contributed by atoms with Gasteiger partial charge < -0.3 is 0 Å². The largest absolute Gasteiger partial charge is 0.292 e. The van der Waals surface area contributed by atoms with E-state index in [9.17, 15) is 18.4 Å². The lowest BCUT2D eigenvalue weighted by molar-refractivity contribution is 0.0986. The van der Waals surface area contributed by atoms with Crippen LogP contribution >= 0.6 is 15.9 Å². The van der Waals surface area contributed by atoms with E-state index in [1.54, 1.807) is 0 Å². The Morgan fingerprint density at radius 1 is 1.26 bits per heavy atom. The molecule has 1 aromatic carbocycles. The average molecular weight is 329 g/mol. The number of alkyl halides is 1. The van der Waals surface area contributed by atoms with Gasteiger partial charge in [0.15, 0.2) is 5.78 Å². The number of H-pyrrole nitrogens is 1. The first-order valence-electron chi connectivity index (χ1n) is 5.18. The lowest BCUT2D eigenvalue weighted by Gasteiger charge is -2.08. The predicted molar refractivity (Wildman–Crippen MR) is 67.2 cm³/mol. The predicted octanol–water partition coefficient (Wildman–Crippen LogP) is 2.37. The van der Waals surface area contributed by atoms with Crippen molar-refractivity contribution in [1.29, 1.82) is 0 Å². The van der Waals surface area contributed by atoms with Gasteiger partial charge in [0.2, 0.25) is 0 Å². The Morgan fingerprint density at radius 3 is 2.58 bits per heavy atom. The number of benzene rings is 1. The van der Waals surface area contributed by atoms with E-state index in [0.29, 0.717) is 6.07 Å². The van der Waals surface area contributed by atoms with Crippen molar-refractivity contribution in [3.8, 4) is 0 Å². The molecule has 0 saturated carbocycles. The van der Waals surface area contributed by atoms with Crippen LogP contribution in [0.25, 0.3) is 0 Å². The SMILES string of the molecule is O=C(c1ccc(F)cc1F)C(Br)c1ccc(=O)[nH]n1. The molecule has 0 aliphatic rings. The van der Waals surface area contributed by atoms with Gasteiger partial charge in [-0.2, -0.15) is 5.10 Å². The molecule has 0 aliphatic carbocycles. The maximum absolute atomic E-state index is 13.5. The number of rotatable bonds is 3. The molecule has 98 valence electrons. The minimum atomic E-state index is -0.945. The van der Waals surface area contributed by atoms with Crippen molar-refractivity contribution in [3.05, 3.63) is 63.6 Å². The van der Waals surface area contributed by atoms with Gasteiger partial charge in [0.25, 0.3) is 5.56 Å². The fourth-order valence-electron chi connectivity index (χ4n) is 1.46. The number of ketones is 1. The van der Waals surface area contributed by atoms with E-state index >= 15 is 0 Å². The summed E-state index contributed by atoms with van der Waals surface area (Å²) in [7, 11) is 0. The third kappa shape index (κ3) is 2.93. The topological polar surface area (TPSA) is 62.8 Å². The number of hydrogen-bond donors (Lipinski definition) is 1. The summed E-state index contributed by atoms with van der Waals surface area (Å²) in [6.45, 7) is 0. The molecule has 7 heteroatoms. The first kappa shape index (κ1) is 13.5. The number of hydrogen-bond acceptors (Lipinski definition) is 3. The molecule has 19 heavy (non-hydrogen) atoms. The number of nitrogens with one attached hydrogen (secondary N) is 1. The normalized spacial score (nSPS) is 12.2. The van der Waals surface area contributed by atoms with Crippen LogP contribution in [0, 0.1) is 11.6 Å².